The van der Waals surface area contributed by atoms with Crippen LogP contribution < -0.4 is 5.32 Å². The van der Waals surface area contributed by atoms with Crippen LogP contribution in [-0.2, 0) is 19.4 Å². The Bertz CT molecular complexity index is 1620. The number of fused-ring (bicyclic) bond motifs is 3. The molecule has 0 saturated heterocycles. The molecular formula is C32H30FN5O. The van der Waals surface area contributed by atoms with E-state index in [-0.39, 0.29) is 12.1 Å². The first kappa shape index (κ1) is 24.7. The summed E-state index contributed by atoms with van der Waals surface area (Å²) in [5.74, 6) is 0.526. The summed E-state index contributed by atoms with van der Waals surface area (Å²) in [4.78, 5) is 15.8. The number of nitrogens with one attached hydrogen (secondary N) is 1. The molecule has 0 saturated carbocycles. The highest BCUT2D eigenvalue weighted by atomic mass is 19.1. The number of halogens is 1. The average Bonchev–Trinajstić information content (AvgIpc) is 3.55. The van der Waals surface area contributed by atoms with Crippen molar-refractivity contribution in [1.29, 1.82) is 0 Å². The van der Waals surface area contributed by atoms with Crippen molar-refractivity contribution >= 4 is 11.7 Å². The Hall–Kier alpha value is -4.65. The lowest BCUT2D eigenvalue weighted by molar-refractivity contribution is 0.194. The molecule has 3 heterocycles. The predicted octanol–water partition coefficient (Wildman–Crippen LogP) is 7.06. The quantitative estimate of drug-likeness (QED) is 0.270. The molecule has 6 rings (SSSR count). The van der Waals surface area contributed by atoms with Crippen molar-refractivity contribution in [2.45, 2.75) is 39.3 Å². The first-order valence-corrected chi connectivity index (χ1v) is 13.3. The van der Waals surface area contributed by atoms with E-state index in [4.69, 9.17) is 5.10 Å². The number of rotatable bonds is 5. The Morgan fingerprint density at radius 2 is 1.74 bits per heavy atom. The standard InChI is InChI=1S/C32H30FN5O/c1-3-22-15-17-23(18-16-22)30-29-14-9-19-36(29)31-27(28(4-2)35-38(31)26-12-6-5-7-13-26)21-37(30)32(39)34-25-11-8-10-24(33)20-25/h5-20,30H,3-4,21H2,1-2H3,(H,34,39). The molecule has 196 valence electrons. The molecule has 6 nitrogen and oxygen atoms in total. The van der Waals surface area contributed by atoms with Crippen molar-refractivity contribution in [3.8, 4) is 11.5 Å². The van der Waals surface area contributed by atoms with Crippen LogP contribution in [-0.4, -0.2) is 25.3 Å². The van der Waals surface area contributed by atoms with Gasteiger partial charge in [0.1, 0.15) is 11.6 Å². The number of nitrogens with zero attached hydrogens (tertiary/aromatic N) is 4. The maximum absolute atomic E-state index is 14.0. The largest absolute Gasteiger partial charge is 0.322 e. The molecule has 2 amide bonds. The van der Waals surface area contributed by atoms with Gasteiger partial charge in [-0.05, 0) is 66.4 Å². The Labute approximate surface area is 227 Å². The molecule has 0 fully saturated rings. The van der Waals surface area contributed by atoms with E-state index in [0.717, 1.165) is 40.4 Å². The van der Waals surface area contributed by atoms with Crippen LogP contribution in [0.4, 0.5) is 14.9 Å². The van der Waals surface area contributed by atoms with Crippen LogP contribution in [0.2, 0.25) is 0 Å². The molecule has 39 heavy (non-hydrogen) atoms. The third kappa shape index (κ3) is 4.50. The molecule has 1 atom stereocenters. The van der Waals surface area contributed by atoms with Gasteiger partial charge in [0, 0.05) is 17.4 Å². The summed E-state index contributed by atoms with van der Waals surface area (Å²) in [6.07, 6.45) is 3.69. The summed E-state index contributed by atoms with van der Waals surface area (Å²) < 4.78 is 18.1. The second-order valence-electron chi connectivity index (χ2n) is 9.72. The number of benzene rings is 3. The second-order valence-corrected chi connectivity index (χ2v) is 9.72. The van der Waals surface area contributed by atoms with Gasteiger partial charge >= 0.3 is 6.03 Å². The van der Waals surface area contributed by atoms with Crippen LogP contribution >= 0.6 is 0 Å². The predicted molar refractivity (Wildman–Crippen MR) is 151 cm³/mol. The number of para-hydroxylation sites is 1. The van der Waals surface area contributed by atoms with Crippen molar-refractivity contribution in [2.24, 2.45) is 0 Å². The maximum Gasteiger partial charge on any atom is 0.322 e. The maximum atomic E-state index is 14.0. The molecule has 0 spiro atoms. The van der Waals surface area contributed by atoms with Gasteiger partial charge < -0.3 is 14.8 Å². The molecule has 1 N–H and O–H groups in total. The summed E-state index contributed by atoms with van der Waals surface area (Å²) in [5, 5.41) is 7.94. The Kier molecular flexibility index (Phi) is 6.49. The first-order valence-electron chi connectivity index (χ1n) is 13.3. The second kappa shape index (κ2) is 10.3. The fourth-order valence-electron chi connectivity index (χ4n) is 5.40. The normalized spacial score (nSPS) is 14.4. The van der Waals surface area contributed by atoms with Gasteiger partial charge in [-0.1, -0.05) is 62.4 Å². The third-order valence-corrected chi connectivity index (χ3v) is 7.34. The van der Waals surface area contributed by atoms with Crippen LogP contribution in [0.5, 0.6) is 0 Å². The Morgan fingerprint density at radius 3 is 2.46 bits per heavy atom. The van der Waals surface area contributed by atoms with E-state index in [2.05, 4.69) is 54.1 Å². The first-order chi connectivity index (χ1) is 19.1. The lowest BCUT2D eigenvalue weighted by Gasteiger charge is -2.31. The molecule has 0 aliphatic carbocycles. The molecular weight excluding hydrogens is 489 g/mol. The highest BCUT2D eigenvalue weighted by Crippen LogP contribution is 2.39. The molecule has 2 aromatic heterocycles. The zero-order valence-electron chi connectivity index (χ0n) is 22.0. The number of urea groups is 1. The molecule has 1 aliphatic heterocycles. The summed E-state index contributed by atoms with van der Waals surface area (Å²) in [5.41, 5.74) is 6.47. The minimum atomic E-state index is -0.399. The van der Waals surface area contributed by atoms with Gasteiger partial charge in [0.2, 0.25) is 0 Å². The number of carbonyl (C=O) groups excluding carboxylic acids is 1. The minimum Gasteiger partial charge on any atom is -0.308 e. The summed E-state index contributed by atoms with van der Waals surface area (Å²) in [7, 11) is 0. The van der Waals surface area contributed by atoms with E-state index in [1.54, 1.807) is 12.1 Å². The molecule has 1 unspecified atom stereocenters. The molecule has 3 aromatic carbocycles. The number of amides is 2. The summed E-state index contributed by atoms with van der Waals surface area (Å²) >= 11 is 0. The van der Waals surface area contributed by atoms with E-state index >= 15 is 0 Å². The zero-order valence-corrected chi connectivity index (χ0v) is 22.0. The molecule has 1 aliphatic rings. The lowest BCUT2D eigenvalue weighted by atomic mass is 9.99. The number of aromatic nitrogens is 3. The number of carbonyl (C=O) groups is 1. The van der Waals surface area contributed by atoms with Crippen molar-refractivity contribution in [1.82, 2.24) is 19.2 Å². The van der Waals surface area contributed by atoms with Gasteiger partial charge in [0.25, 0.3) is 0 Å². The van der Waals surface area contributed by atoms with E-state index in [0.29, 0.717) is 18.7 Å². The van der Waals surface area contributed by atoms with Crippen LogP contribution in [0.25, 0.3) is 11.5 Å². The van der Waals surface area contributed by atoms with E-state index in [1.165, 1.54) is 17.7 Å². The van der Waals surface area contributed by atoms with E-state index in [9.17, 15) is 9.18 Å². The van der Waals surface area contributed by atoms with Gasteiger partial charge in [-0.15, -0.1) is 0 Å². The van der Waals surface area contributed by atoms with Crippen molar-refractivity contribution in [3.05, 3.63) is 131 Å². The van der Waals surface area contributed by atoms with E-state index in [1.807, 2.05) is 52.2 Å². The number of hydrogen-bond acceptors (Lipinski definition) is 2. The summed E-state index contributed by atoms with van der Waals surface area (Å²) in [6.45, 7) is 4.55. The van der Waals surface area contributed by atoms with Crippen LogP contribution in [0.15, 0.2) is 97.2 Å². The SMILES string of the molecule is CCc1ccc(C2c3cccn3-c3c(c(CC)nn3-c3ccccc3)CN2C(=O)Nc2cccc(F)c2)cc1. The Balaban J connectivity index is 1.54. The van der Waals surface area contributed by atoms with Gasteiger partial charge in [-0.25, -0.2) is 13.9 Å². The van der Waals surface area contributed by atoms with Crippen molar-refractivity contribution in [2.75, 3.05) is 5.32 Å². The van der Waals surface area contributed by atoms with E-state index < -0.39 is 5.82 Å². The van der Waals surface area contributed by atoms with Crippen LogP contribution in [0.1, 0.15) is 48.0 Å². The lowest BCUT2D eigenvalue weighted by Crippen LogP contribution is -2.38. The van der Waals surface area contributed by atoms with Crippen LogP contribution in [0, 0.1) is 5.82 Å². The molecule has 0 radical (unpaired) electrons. The highest BCUT2D eigenvalue weighted by molar-refractivity contribution is 5.90. The molecule has 0 bridgehead atoms. The number of aryl methyl sites for hydroxylation is 2. The summed E-state index contributed by atoms with van der Waals surface area (Å²) in [6, 6.07) is 27.9. The number of anilines is 1. The average molecular weight is 520 g/mol. The van der Waals surface area contributed by atoms with Gasteiger partial charge in [0.15, 0.2) is 0 Å². The minimum absolute atomic E-state index is 0.305. The number of hydrogen-bond donors (Lipinski definition) is 1. The van der Waals surface area contributed by atoms with Gasteiger partial charge in [-0.3, -0.25) is 0 Å². The van der Waals surface area contributed by atoms with Gasteiger partial charge in [-0.2, -0.15) is 5.10 Å². The topological polar surface area (TPSA) is 55.1 Å². The fourth-order valence-corrected chi connectivity index (χ4v) is 5.40. The van der Waals surface area contributed by atoms with Crippen molar-refractivity contribution < 1.29 is 9.18 Å². The van der Waals surface area contributed by atoms with Gasteiger partial charge in [0.05, 0.1) is 29.7 Å². The zero-order chi connectivity index (χ0) is 26.9. The third-order valence-electron chi connectivity index (χ3n) is 7.34. The smallest absolute Gasteiger partial charge is 0.308 e. The highest BCUT2D eigenvalue weighted by Gasteiger charge is 2.36. The Morgan fingerprint density at radius 1 is 0.949 bits per heavy atom. The molecule has 7 heteroatoms. The van der Waals surface area contributed by atoms with Crippen molar-refractivity contribution in [3.63, 3.8) is 0 Å². The fraction of sp³-hybridized carbons (Fsp3) is 0.188. The van der Waals surface area contributed by atoms with Crippen LogP contribution in [0.3, 0.4) is 0 Å². The molecule has 5 aromatic rings. The monoisotopic (exact) mass is 519 g/mol.